The van der Waals surface area contributed by atoms with Crippen LogP contribution in [-0.2, 0) is 19.1 Å². The Kier molecular flexibility index (Phi) is 7.54. The van der Waals surface area contributed by atoms with Crippen LogP contribution in [0.3, 0.4) is 0 Å². The molecule has 1 heterocycles. The number of nitrogens with one attached hydrogen (secondary N) is 1. The number of halogens is 3. The minimum Gasteiger partial charge on any atom is -0.452 e. The van der Waals surface area contributed by atoms with Crippen molar-refractivity contribution in [3.05, 3.63) is 57.6 Å². The summed E-state index contributed by atoms with van der Waals surface area (Å²) in [4.78, 5) is 52.0. The average molecular weight is 582 g/mol. The van der Waals surface area contributed by atoms with Gasteiger partial charge in [0.25, 0.3) is 5.91 Å². The van der Waals surface area contributed by atoms with Crippen LogP contribution in [0.1, 0.15) is 34.3 Å². The highest BCUT2D eigenvalue weighted by molar-refractivity contribution is 9.10. The van der Waals surface area contributed by atoms with Crippen molar-refractivity contribution in [1.82, 2.24) is 0 Å². The van der Waals surface area contributed by atoms with Crippen molar-refractivity contribution in [3.63, 3.8) is 0 Å². The third kappa shape index (κ3) is 5.25. The van der Waals surface area contributed by atoms with Crippen LogP contribution in [0, 0.1) is 25.7 Å². The summed E-state index contributed by atoms with van der Waals surface area (Å²) in [5.74, 6) is -2.98. The van der Waals surface area contributed by atoms with E-state index in [0.29, 0.717) is 18.5 Å². The number of rotatable bonds is 5. The largest absolute Gasteiger partial charge is 0.452 e. The number of carbonyl (C=O) groups excluding carboxylic acids is 4. The van der Waals surface area contributed by atoms with Gasteiger partial charge in [0.2, 0.25) is 11.8 Å². The molecule has 10 heteroatoms. The number of amides is 3. The number of alkyl halides is 2. The molecule has 1 aliphatic carbocycles. The molecule has 0 radical (unpaired) electrons. The summed E-state index contributed by atoms with van der Waals surface area (Å²) in [6.45, 7) is 3.27. The topological polar surface area (TPSA) is 92.8 Å². The second-order valence-electron chi connectivity index (χ2n) is 8.82. The summed E-state index contributed by atoms with van der Waals surface area (Å²) < 4.78 is 6.10. The number of aryl methyl sites for hydroxylation is 2. The number of carbonyl (C=O) groups is 4. The molecule has 7 nitrogen and oxygen atoms in total. The second kappa shape index (κ2) is 10.3. The first-order chi connectivity index (χ1) is 16.6. The number of nitrogens with zero attached hydrogens (tertiary/aromatic N) is 1. The molecule has 4 atom stereocenters. The summed E-state index contributed by atoms with van der Waals surface area (Å²) >= 11 is 15.9. The van der Waals surface area contributed by atoms with Crippen molar-refractivity contribution in [2.45, 2.75) is 37.4 Å². The molecule has 0 spiro atoms. The number of fused-ring (bicyclic) bond motifs is 1. The Labute approximate surface area is 221 Å². The fourth-order valence-corrected chi connectivity index (χ4v) is 5.49. The Balaban J connectivity index is 1.42. The molecule has 2 fully saturated rings. The molecule has 0 unspecified atom stereocenters. The number of anilines is 2. The summed E-state index contributed by atoms with van der Waals surface area (Å²) in [5, 5.41) is 1.97. The van der Waals surface area contributed by atoms with Crippen molar-refractivity contribution < 1.29 is 23.9 Å². The van der Waals surface area contributed by atoms with Gasteiger partial charge in [0.15, 0.2) is 6.61 Å². The van der Waals surface area contributed by atoms with E-state index in [2.05, 4.69) is 21.2 Å². The molecule has 2 aromatic rings. The van der Waals surface area contributed by atoms with E-state index in [1.54, 1.807) is 12.1 Å². The van der Waals surface area contributed by atoms with E-state index in [1.807, 2.05) is 26.0 Å². The van der Waals surface area contributed by atoms with Crippen molar-refractivity contribution in [2.75, 3.05) is 16.8 Å². The van der Waals surface area contributed by atoms with Gasteiger partial charge in [0.1, 0.15) is 0 Å². The van der Waals surface area contributed by atoms with Crippen LogP contribution < -0.4 is 10.2 Å². The van der Waals surface area contributed by atoms with Crippen LogP contribution in [0.25, 0.3) is 0 Å². The molecule has 2 aliphatic rings. The van der Waals surface area contributed by atoms with Gasteiger partial charge in [0, 0.05) is 10.2 Å². The number of hydrogen-bond acceptors (Lipinski definition) is 5. The number of imide groups is 1. The Morgan fingerprint density at radius 1 is 1.03 bits per heavy atom. The standard InChI is InChI=1S/C25H23BrCl2N2O5/c1-12-7-21(13(2)6-18(12)26)29-22(31)11-35-25(34)14-4-3-5-15(8-14)30-23(32)16-9-19(27)20(28)10-17(16)24(30)33/h3-8,16-17,19-20H,9-11H2,1-2H3,(H,29,31)/t16-,17-,19-,20+/m1/s1. The van der Waals surface area contributed by atoms with Gasteiger partial charge in [-0.1, -0.05) is 22.0 Å². The third-order valence-corrected chi connectivity index (χ3v) is 8.31. The summed E-state index contributed by atoms with van der Waals surface area (Å²) in [5.41, 5.74) is 2.82. The molecular weight excluding hydrogens is 559 g/mol. The zero-order valence-electron chi connectivity index (χ0n) is 19.0. The maximum Gasteiger partial charge on any atom is 0.338 e. The number of benzene rings is 2. The Morgan fingerprint density at radius 3 is 2.29 bits per heavy atom. The lowest BCUT2D eigenvalue weighted by atomic mass is 9.80. The highest BCUT2D eigenvalue weighted by atomic mass is 79.9. The molecule has 1 N–H and O–H groups in total. The van der Waals surface area contributed by atoms with Gasteiger partial charge in [-0.05, 0) is 68.1 Å². The fourth-order valence-electron chi connectivity index (χ4n) is 4.44. The first-order valence-corrected chi connectivity index (χ1v) is 12.7. The SMILES string of the molecule is Cc1cc(NC(=O)COC(=O)c2cccc(N3C(=O)[C@@H]4C[C@@H](Cl)[C@@H](Cl)C[C@H]4C3=O)c2)c(C)cc1Br. The fraction of sp³-hybridized carbons (Fsp3) is 0.360. The average Bonchev–Trinajstić information content (AvgIpc) is 3.05. The molecule has 0 bridgehead atoms. The normalized spacial score (nSPS) is 23.7. The molecule has 1 saturated carbocycles. The van der Waals surface area contributed by atoms with E-state index >= 15 is 0 Å². The van der Waals surface area contributed by atoms with Crippen LogP contribution in [0.4, 0.5) is 11.4 Å². The van der Waals surface area contributed by atoms with E-state index in [1.165, 1.54) is 12.1 Å². The molecule has 4 rings (SSSR count). The maximum atomic E-state index is 13.0. The lowest BCUT2D eigenvalue weighted by Crippen LogP contribution is -2.34. The number of esters is 1. The van der Waals surface area contributed by atoms with Gasteiger partial charge in [-0.25, -0.2) is 4.79 Å². The van der Waals surface area contributed by atoms with Crippen molar-refractivity contribution in [3.8, 4) is 0 Å². The minimum absolute atomic E-state index is 0.117. The van der Waals surface area contributed by atoms with Crippen LogP contribution >= 0.6 is 39.1 Å². The molecule has 3 amide bonds. The third-order valence-electron chi connectivity index (χ3n) is 6.37. The number of ether oxygens (including phenoxy) is 1. The van der Waals surface area contributed by atoms with E-state index < -0.39 is 30.3 Å². The Bertz CT molecular complexity index is 1190. The molecule has 0 aromatic heterocycles. The van der Waals surface area contributed by atoms with E-state index in [4.69, 9.17) is 27.9 Å². The van der Waals surface area contributed by atoms with E-state index in [9.17, 15) is 19.2 Å². The molecule has 35 heavy (non-hydrogen) atoms. The first-order valence-electron chi connectivity index (χ1n) is 11.1. The van der Waals surface area contributed by atoms with Crippen molar-refractivity contribution >= 4 is 74.2 Å². The van der Waals surface area contributed by atoms with Gasteiger partial charge in [-0.15, -0.1) is 23.2 Å². The van der Waals surface area contributed by atoms with Gasteiger partial charge < -0.3 is 10.1 Å². The highest BCUT2D eigenvalue weighted by Gasteiger charge is 2.52. The van der Waals surface area contributed by atoms with Gasteiger partial charge in [0.05, 0.1) is 33.8 Å². The first kappa shape index (κ1) is 25.7. The van der Waals surface area contributed by atoms with Gasteiger partial charge >= 0.3 is 5.97 Å². The van der Waals surface area contributed by atoms with Crippen molar-refractivity contribution in [2.24, 2.45) is 11.8 Å². The Hall–Kier alpha value is -2.42. The number of hydrogen-bond donors (Lipinski definition) is 1. The maximum absolute atomic E-state index is 13.0. The highest BCUT2D eigenvalue weighted by Crippen LogP contribution is 2.43. The zero-order valence-corrected chi connectivity index (χ0v) is 22.1. The molecule has 1 saturated heterocycles. The molecule has 2 aromatic carbocycles. The minimum atomic E-state index is -0.746. The van der Waals surface area contributed by atoms with E-state index in [0.717, 1.165) is 20.5 Å². The lowest BCUT2D eigenvalue weighted by Gasteiger charge is -2.28. The van der Waals surface area contributed by atoms with Crippen LogP contribution in [0.5, 0.6) is 0 Å². The predicted molar refractivity (Wildman–Crippen MR) is 137 cm³/mol. The van der Waals surface area contributed by atoms with Crippen LogP contribution in [-0.4, -0.2) is 41.1 Å². The summed E-state index contributed by atoms with van der Waals surface area (Å²) in [6, 6.07) is 9.74. The smallest absolute Gasteiger partial charge is 0.338 e. The second-order valence-corrected chi connectivity index (χ2v) is 10.8. The molecule has 184 valence electrons. The van der Waals surface area contributed by atoms with Crippen molar-refractivity contribution in [1.29, 1.82) is 0 Å². The van der Waals surface area contributed by atoms with Crippen LogP contribution in [0.15, 0.2) is 40.9 Å². The quantitative estimate of drug-likeness (QED) is 0.305. The van der Waals surface area contributed by atoms with Gasteiger partial charge in [-0.3, -0.25) is 19.3 Å². The molecule has 1 aliphatic heterocycles. The van der Waals surface area contributed by atoms with Gasteiger partial charge in [-0.2, -0.15) is 0 Å². The summed E-state index contributed by atoms with van der Waals surface area (Å²) in [7, 11) is 0. The predicted octanol–water partition coefficient (Wildman–Crippen LogP) is 4.98. The molecular formula is C25H23BrCl2N2O5. The summed E-state index contributed by atoms with van der Waals surface area (Å²) in [6.07, 6.45) is 0.658. The lowest BCUT2D eigenvalue weighted by molar-refractivity contribution is -0.122. The zero-order chi connectivity index (χ0) is 25.4. The van der Waals surface area contributed by atoms with Crippen LogP contribution in [0.2, 0.25) is 0 Å². The monoisotopic (exact) mass is 580 g/mol. The Morgan fingerprint density at radius 2 is 1.66 bits per heavy atom. The van der Waals surface area contributed by atoms with E-state index in [-0.39, 0.29) is 33.8 Å².